The SMILES string of the molecule is CCCC(NC(=O)[C@H](Cc1cccc2ccccc12)NC(=O)C(NC(=O)OC(C)(C)C)C1CCCCC1)C(=O)C(=O)NCC(=O)OCC1=CC(C)CC=C1. The van der Waals surface area contributed by atoms with Crippen molar-refractivity contribution in [2.24, 2.45) is 11.8 Å². The number of esters is 1. The summed E-state index contributed by atoms with van der Waals surface area (Å²) in [6, 6.07) is 10.0. The lowest BCUT2D eigenvalue weighted by Gasteiger charge is -2.32. The number of ether oxygens (including phenoxy) is 2. The standard InChI is InChI=1S/C42H56N4O8/c1-6-14-33(37(48)40(51)43-25-35(47)53-26-28-16-12-15-27(2)23-28)44-38(49)34(24-31-21-13-20-29-17-10-11-22-32(29)31)45-39(50)36(30-18-8-7-9-19-30)46-41(52)54-42(3,4)5/h10-13,16-17,20-23,27,30,33-34,36H,6-9,14-15,18-19,24-26H2,1-5H3,(H,43,51)(H,44,49)(H,45,50)(H,46,52)/t27?,33?,34-,36?/m0/s1. The summed E-state index contributed by atoms with van der Waals surface area (Å²) in [5.74, 6) is -3.72. The van der Waals surface area contributed by atoms with Crippen molar-refractivity contribution in [2.45, 2.75) is 116 Å². The number of alkyl carbamates (subject to hydrolysis) is 1. The first-order valence-electron chi connectivity index (χ1n) is 19.2. The van der Waals surface area contributed by atoms with E-state index in [0.717, 1.165) is 60.4 Å². The molecule has 0 heterocycles. The topological polar surface area (TPSA) is 169 Å². The van der Waals surface area contributed by atoms with Crippen LogP contribution in [0.1, 0.15) is 91.5 Å². The van der Waals surface area contributed by atoms with Gasteiger partial charge in [0.05, 0.1) is 6.04 Å². The van der Waals surface area contributed by atoms with Crippen LogP contribution in [0.5, 0.6) is 0 Å². The monoisotopic (exact) mass is 744 g/mol. The zero-order valence-corrected chi connectivity index (χ0v) is 32.2. The molecular formula is C42H56N4O8. The van der Waals surface area contributed by atoms with Crippen molar-refractivity contribution in [1.82, 2.24) is 21.3 Å². The van der Waals surface area contributed by atoms with Crippen molar-refractivity contribution in [1.29, 1.82) is 0 Å². The van der Waals surface area contributed by atoms with Crippen molar-refractivity contribution in [3.05, 3.63) is 71.8 Å². The van der Waals surface area contributed by atoms with Gasteiger partial charge in [-0.1, -0.05) is 100 Å². The van der Waals surface area contributed by atoms with E-state index in [4.69, 9.17) is 9.47 Å². The summed E-state index contributed by atoms with van der Waals surface area (Å²) < 4.78 is 10.8. The van der Waals surface area contributed by atoms with Gasteiger partial charge in [-0.3, -0.25) is 24.0 Å². The average molecular weight is 745 g/mol. The maximum absolute atomic E-state index is 14.2. The fourth-order valence-corrected chi connectivity index (χ4v) is 6.92. The molecule has 1 saturated carbocycles. The van der Waals surface area contributed by atoms with Gasteiger partial charge in [-0.05, 0) is 80.2 Å². The lowest BCUT2D eigenvalue weighted by Crippen LogP contribution is -2.59. The molecule has 292 valence electrons. The van der Waals surface area contributed by atoms with Gasteiger partial charge < -0.3 is 30.7 Å². The van der Waals surface area contributed by atoms with Gasteiger partial charge in [0.25, 0.3) is 5.91 Å². The summed E-state index contributed by atoms with van der Waals surface area (Å²) >= 11 is 0. The number of hydrogen-bond donors (Lipinski definition) is 4. The second-order valence-corrected chi connectivity index (χ2v) is 15.3. The van der Waals surface area contributed by atoms with E-state index in [0.29, 0.717) is 12.3 Å². The predicted octanol–water partition coefficient (Wildman–Crippen LogP) is 5.38. The van der Waals surface area contributed by atoms with Crippen molar-refractivity contribution in [3.8, 4) is 0 Å². The van der Waals surface area contributed by atoms with Crippen molar-refractivity contribution >= 4 is 46.3 Å². The van der Waals surface area contributed by atoms with Crippen LogP contribution in [-0.4, -0.2) is 72.4 Å². The first kappa shape index (κ1) is 41.8. The number of carbonyl (C=O) groups is 6. The summed E-state index contributed by atoms with van der Waals surface area (Å²) in [5.41, 5.74) is 0.850. The molecule has 2 aromatic carbocycles. The van der Waals surface area contributed by atoms with Crippen molar-refractivity contribution in [3.63, 3.8) is 0 Å². The van der Waals surface area contributed by atoms with Crippen LogP contribution >= 0.6 is 0 Å². The first-order valence-corrected chi connectivity index (χ1v) is 19.2. The molecule has 12 heteroatoms. The molecule has 3 unspecified atom stereocenters. The highest BCUT2D eigenvalue weighted by Gasteiger charge is 2.36. The van der Waals surface area contributed by atoms with Crippen LogP contribution in [0.4, 0.5) is 4.79 Å². The molecule has 0 bridgehead atoms. The van der Waals surface area contributed by atoms with Crippen molar-refractivity contribution in [2.75, 3.05) is 13.2 Å². The van der Waals surface area contributed by atoms with Gasteiger partial charge in [0.2, 0.25) is 17.6 Å². The maximum Gasteiger partial charge on any atom is 0.408 e. The van der Waals surface area contributed by atoms with Gasteiger partial charge in [0.1, 0.15) is 30.8 Å². The molecule has 2 aromatic rings. The largest absolute Gasteiger partial charge is 0.460 e. The van der Waals surface area contributed by atoms with E-state index in [-0.39, 0.29) is 25.4 Å². The third-order valence-corrected chi connectivity index (χ3v) is 9.58. The highest BCUT2D eigenvalue weighted by atomic mass is 16.6. The third-order valence-electron chi connectivity index (χ3n) is 9.58. The molecule has 4 amide bonds. The van der Waals surface area contributed by atoms with Gasteiger partial charge >= 0.3 is 12.1 Å². The number of carbonyl (C=O) groups excluding carboxylic acids is 6. The van der Waals surface area contributed by atoms with Crippen LogP contribution in [0.3, 0.4) is 0 Å². The molecule has 4 atom stereocenters. The lowest BCUT2D eigenvalue weighted by molar-refractivity contribution is -0.145. The Morgan fingerprint density at radius 2 is 1.57 bits per heavy atom. The highest BCUT2D eigenvalue weighted by Crippen LogP contribution is 2.27. The fraction of sp³-hybridized carbons (Fsp3) is 0.524. The number of ketones is 1. The van der Waals surface area contributed by atoms with Gasteiger partial charge in [0, 0.05) is 6.42 Å². The minimum atomic E-state index is -1.22. The van der Waals surface area contributed by atoms with Crippen LogP contribution in [0, 0.1) is 11.8 Å². The Bertz CT molecular complexity index is 1720. The number of Topliss-reactive ketones (excluding diaryl/α,β-unsaturated/α-hetero) is 1. The van der Waals surface area contributed by atoms with Crippen LogP contribution < -0.4 is 21.3 Å². The molecule has 2 aliphatic carbocycles. The molecule has 0 saturated heterocycles. The number of amides is 4. The predicted molar refractivity (Wildman–Crippen MR) is 206 cm³/mol. The molecule has 2 aliphatic rings. The Balaban J connectivity index is 1.51. The van der Waals surface area contributed by atoms with E-state index in [1.54, 1.807) is 20.8 Å². The number of hydrogen-bond acceptors (Lipinski definition) is 8. The number of nitrogens with one attached hydrogen (secondary N) is 4. The lowest BCUT2D eigenvalue weighted by atomic mass is 9.83. The minimum absolute atomic E-state index is 0.0523. The molecule has 4 rings (SSSR count). The zero-order chi connectivity index (χ0) is 39.3. The Kier molecular flexibility index (Phi) is 15.4. The van der Waals surface area contributed by atoms with Crippen LogP contribution in [0.15, 0.2) is 66.3 Å². The van der Waals surface area contributed by atoms with Crippen LogP contribution in [0.25, 0.3) is 10.8 Å². The van der Waals surface area contributed by atoms with Crippen LogP contribution in [-0.2, 0) is 39.9 Å². The molecule has 0 aromatic heterocycles. The summed E-state index contributed by atoms with van der Waals surface area (Å²) in [6.07, 6.45) is 11.0. The molecule has 4 N–H and O–H groups in total. The molecular weight excluding hydrogens is 688 g/mol. The third kappa shape index (κ3) is 12.8. The Labute approximate surface area is 318 Å². The summed E-state index contributed by atoms with van der Waals surface area (Å²) in [4.78, 5) is 80.0. The maximum atomic E-state index is 14.2. The van der Waals surface area contributed by atoms with Gasteiger partial charge in [-0.25, -0.2) is 4.79 Å². The normalized spacial score (nSPS) is 17.6. The molecule has 12 nitrogen and oxygen atoms in total. The van der Waals surface area contributed by atoms with E-state index in [1.165, 1.54) is 0 Å². The second kappa shape index (κ2) is 19.9. The van der Waals surface area contributed by atoms with E-state index in [2.05, 4.69) is 28.2 Å². The summed E-state index contributed by atoms with van der Waals surface area (Å²) in [7, 11) is 0. The van der Waals surface area contributed by atoms with Crippen molar-refractivity contribution < 1.29 is 38.2 Å². The van der Waals surface area contributed by atoms with E-state index < -0.39 is 65.8 Å². The fourth-order valence-electron chi connectivity index (χ4n) is 6.92. The molecule has 0 aliphatic heterocycles. The summed E-state index contributed by atoms with van der Waals surface area (Å²) in [6.45, 7) is 8.61. The summed E-state index contributed by atoms with van der Waals surface area (Å²) in [5, 5.41) is 12.5. The Morgan fingerprint density at radius 1 is 0.870 bits per heavy atom. The molecule has 54 heavy (non-hydrogen) atoms. The van der Waals surface area contributed by atoms with E-state index in [9.17, 15) is 28.8 Å². The zero-order valence-electron chi connectivity index (χ0n) is 32.2. The highest BCUT2D eigenvalue weighted by molar-refractivity contribution is 6.38. The molecule has 0 radical (unpaired) electrons. The Hall–Kier alpha value is -5.00. The van der Waals surface area contributed by atoms with Gasteiger partial charge in [-0.2, -0.15) is 0 Å². The van der Waals surface area contributed by atoms with Crippen LogP contribution in [0.2, 0.25) is 0 Å². The molecule has 0 spiro atoms. The Morgan fingerprint density at radius 3 is 2.28 bits per heavy atom. The number of fused-ring (bicyclic) bond motifs is 1. The minimum Gasteiger partial charge on any atom is -0.460 e. The van der Waals surface area contributed by atoms with Gasteiger partial charge in [0.15, 0.2) is 0 Å². The number of allylic oxidation sites excluding steroid dienone is 2. The average Bonchev–Trinajstić information content (AvgIpc) is 3.14. The van der Waals surface area contributed by atoms with E-state index >= 15 is 0 Å². The van der Waals surface area contributed by atoms with E-state index in [1.807, 2.05) is 67.6 Å². The molecule has 1 fully saturated rings. The first-order chi connectivity index (χ1) is 25.7. The van der Waals surface area contributed by atoms with Gasteiger partial charge in [-0.15, -0.1) is 0 Å². The smallest absolute Gasteiger partial charge is 0.408 e. The number of benzene rings is 2. The second-order valence-electron chi connectivity index (χ2n) is 15.3. The number of rotatable bonds is 16. The quantitative estimate of drug-likeness (QED) is 0.131.